The van der Waals surface area contributed by atoms with Crippen LogP contribution in [-0.2, 0) is 12.1 Å². The van der Waals surface area contributed by atoms with E-state index < -0.39 is 0 Å². The number of rotatable bonds is 4. The summed E-state index contributed by atoms with van der Waals surface area (Å²) in [5.41, 5.74) is 2.29. The molecule has 1 saturated heterocycles. The van der Waals surface area contributed by atoms with Crippen molar-refractivity contribution in [2.75, 3.05) is 27.2 Å². The van der Waals surface area contributed by atoms with E-state index in [0.29, 0.717) is 5.41 Å². The Morgan fingerprint density at radius 3 is 2.36 bits per heavy atom. The summed E-state index contributed by atoms with van der Waals surface area (Å²) in [6.07, 6.45) is 6.73. The second-order valence-corrected chi connectivity index (χ2v) is 9.30. The van der Waals surface area contributed by atoms with Gasteiger partial charge >= 0.3 is 0 Å². The summed E-state index contributed by atoms with van der Waals surface area (Å²) in [7, 11) is 4.54. The predicted octanol–water partition coefficient (Wildman–Crippen LogP) is 4.97. The summed E-state index contributed by atoms with van der Waals surface area (Å²) in [5.74, 6) is 0. The Morgan fingerprint density at radius 1 is 0.960 bits per heavy atom. The molecule has 134 valence electrons. The van der Waals surface area contributed by atoms with E-state index in [9.17, 15) is 0 Å². The van der Waals surface area contributed by atoms with Crippen LogP contribution >= 0.6 is 11.3 Å². The van der Waals surface area contributed by atoms with Crippen LogP contribution < -0.4 is 0 Å². The van der Waals surface area contributed by atoms with Gasteiger partial charge in [0.15, 0.2) is 0 Å². The smallest absolute Gasteiger partial charge is 0.0549 e. The zero-order chi connectivity index (χ0) is 17.3. The van der Waals surface area contributed by atoms with Crippen molar-refractivity contribution in [1.82, 2.24) is 9.80 Å². The third-order valence-corrected chi connectivity index (χ3v) is 7.80. The average molecular weight is 355 g/mol. The van der Waals surface area contributed by atoms with E-state index in [4.69, 9.17) is 0 Å². The van der Waals surface area contributed by atoms with Crippen LogP contribution in [0.3, 0.4) is 0 Å². The van der Waals surface area contributed by atoms with Crippen LogP contribution in [0.2, 0.25) is 0 Å². The molecule has 0 radical (unpaired) electrons. The molecule has 2 fully saturated rings. The molecule has 0 N–H and O–H groups in total. The minimum absolute atomic E-state index is 0.270. The molecule has 1 spiro atoms. The average Bonchev–Trinajstić information content (AvgIpc) is 3.28. The fourth-order valence-corrected chi connectivity index (χ4v) is 6.13. The van der Waals surface area contributed by atoms with Gasteiger partial charge in [0.25, 0.3) is 0 Å². The van der Waals surface area contributed by atoms with Gasteiger partial charge in [0.1, 0.15) is 0 Å². The van der Waals surface area contributed by atoms with Gasteiger partial charge in [0.2, 0.25) is 0 Å². The van der Waals surface area contributed by atoms with E-state index in [1.807, 2.05) is 11.3 Å². The van der Waals surface area contributed by atoms with E-state index in [0.717, 1.165) is 6.54 Å². The lowest BCUT2D eigenvalue weighted by Gasteiger charge is -2.48. The van der Waals surface area contributed by atoms with Crippen molar-refractivity contribution in [1.29, 1.82) is 0 Å². The summed E-state index contributed by atoms with van der Waals surface area (Å²) in [6, 6.07) is 15.5. The Bertz CT molecular complexity index is 669. The molecule has 1 aliphatic carbocycles. The summed E-state index contributed by atoms with van der Waals surface area (Å²) < 4.78 is 0. The maximum absolute atomic E-state index is 2.68. The van der Waals surface area contributed by atoms with Crippen LogP contribution in [-0.4, -0.2) is 37.0 Å². The molecule has 2 aliphatic rings. The van der Waals surface area contributed by atoms with Crippen LogP contribution in [0.4, 0.5) is 0 Å². The van der Waals surface area contributed by atoms with Gasteiger partial charge in [-0.2, -0.15) is 0 Å². The van der Waals surface area contributed by atoms with E-state index in [1.54, 1.807) is 4.88 Å². The van der Waals surface area contributed by atoms with Crippen LogP contribution in [0.25, 0.3) is 0 Å². The summed E-state index contributed by atoms with van der Waals surface area (Å²) in [4.78, 5) is 6.73. The van der Waals surface area contributed by atoms with Crippen molar-refractivity contribution in [3.63, 3.8) is 0 Å². The predicted molar refractivity (Wildman–Crippen MR) is 107 cm³/mol. The highest BCUT2D eigenvalue weighted by atomic mass is 32.1. The van der Waals surface area contributed by atoms with Crippen molar-refractivity contribution in [3.05, 3.63) is 58.3 Å². The third-order valence-electron chi connectivity index (χ3n) is 6.74. The van der Waals surface area contributed by atoms with Gasteiger partial charge in [-0.05, 0) is 75.2 Å². The Labute approximate surface area is 156 Å². The first-order chi connectivity index (χ1) is 12.1. The van der Waals surface area contributed by atoms with Crippen molar-refractivity contribution < 1.29 is 0 Å². The van der Waals surface area contributed by atoms with Crippen molar-refractivity contribution in [3.8, 4) is 0 Å². The fourth-order valence-electron chi connectivity index (χ4n) is 5.06. The van der Waals surface area contributed by atoms with E-state index in [1.165, 1.54) is 50.8 Å². The maximum atomic E-state index is 2.68. The number of hydrogen-bond acceptors (Lipinski definition) is 3. The molecule has 4 rings (SSSR count). The molecule has 1 aromatic carbocycles. The summed E-state index contributed by atoms with van der Waals surface area (Å²) >= 11 is 1.94. The molecule has 0 bridgehead atoms. The van der Waals surface area contributed by atoms with Gasteiger partial charge in [-0.3, -0.25) is 9.80 Å². The Balaban J connectivity index is 1.43. The highest BCUT2D eigenvalue weighted by molar-refractivity contribution is 7.10. The third kappa shape index (κ3) is 3.30. The van der Waals surface area contributed by atoms with E-state index >= 15 is 0 Å². The maximum Gasteiger partial charge on any atom is 0.0549 e. The SMILES string of the molecule is CN(C)C1(c2cccs2)CCC2(CCN(Cc3ccccc3)C2)CC1. The lowest BCUT2D eigenvalue weighted by Crippen LogP contribution is -2.47. The van der Waals surface area contributed by atoms with Crippen molar-refractivity contribution >= 4 is 11.3 Å². The van der Waals surface area contributed by atoms with E-state index in [2.05, 4.69) is 71.7 Å². The summed E-state index contributed by atoms with van der Waals surface area (Å²) in [6.45, 7) is 3.67. The lowest BCUT2D eigenvalue weighted by molar-refractivity contribution is 0.0405. The molecular weight excluding hydrogens is 324 g/mol. The van der Waals surface area contributed by atoms with Crippen LogP contribution in [0, 0.1) is 5.41 Å². The standard InChI is InChI=1S/C22H30N2S/c1-23(2)22(20-9-6-16-25-20)12-10-21(11-13-22)14-15-24(18-21)17-19-7-4-3-5-8-19/h3-9,16H,10-15,17-18H2,1-2H3. The highest BCUT2D eigenvalue weighted by Gasteiger charge is 2.47. The number of nitrogens with zero attached hydrogens (tertiary/aromatic N) is 2. The highest BCUT2D eigenvalue weighted by Crippen LogP contribution is 2.52. The normalized spacial score (nSPS) is 30.4. The topological polar surface area (TPSA) is 6.48 Å². The Hall–Kier alpha value is -1.16. The van der Waals surface area contributed by atoms with Crippen LogP contribution in [0.5, 0.6) is 0 Å². The molecule has 2 nitrogen and oxygen atoms in total. The zero-order valence-corrected chi connectivity index (χ0v) is 16.4. The molecule has 1 aliphatic heterocycles. The first-order valence-corrected chi connectivity index (χ1v) is 10.5. The second kappa shape index (κ2) is 6.86. The molecular formula is C22H30N2S. The Morgan fingerprint density at radius 2 is 1.72 bits per heavy atom. The minimum Gasteiger partial charge on any atom is -0.299 e. The first kappa shape index (κ1) is 17.3. The quantitative estimate of drug-likeness (QED) is 0.765. The molecule has 0 unspecified atom stereocenters. The van der Waals surface area contributed by atoms with Gasteiger partial charge in [-0.15, -0.1) is 11.3 Å². The van der Waals surface area contributed by atoms with Crippen molar-refractivity contribution in [2.24, 2.45) is 5.41 Å². The fraction of sp³-hybridized carbons (Fsp3) is 0.545. The molecule has 25 heavy (non-hydrogen) atoms. The molecule has 0 atom stereocenters. The number of benzene rings is 1. The molecule has 3 heteroatoms. The largest absolute Gasteiger partial charge is 0.299 e. The van der Waals surface area contributed by atoms with Crippen molar-refractivity contribution in [2.45, 2.75) is 44.2 Å². The lowest BCUT2D eigenvalue weighted by atomic mass is 9.66. The molecule has 2 heterocycles. The summed E-state index contributed by atoms with van der Waals surface area (Å²) in [5, 5.41) is 2.24. The van der Waals surface area contributed by atoms with Gasteiger partial charge in [0.05, 0.1) is 5.54 Å². The van der Waals surface area contributed by atoms with Gasteiger partial charge in [-0.25, -0.2) is 0 Å². The minimum atomic E-state index is 0.270. The number of hydrogen-bond donors (Lipinski definition) is 0. The number of likely N-dealkylation sites (tertiary alicyclic amines) is 1. The monoisotopic (exact) mass is 354 g/mol. The van der Waals surface area contributed by atoms with Crippen LogP contribution in [0.15, 0.2) is 47.8 Å². The molecule has 1 saturated carbocycles. The Kier molecular flexibility index (Phi) is 4.74. The first-order valence-electron chi connectivity index (χ1n) is 9.60. The zero-order valence-electron chi connectivity index (χ0n) is 15.6. The van der Waals surface area contributed by atoms with Gasteiger partial charge in [-0.1, -0.05) is 36.4 Å². The van der Waals surface area contributed by atoms with Gasteiger partial charge < -0.3 is 0 Å². The van der Waals surface area contributed by atoms with Crippen LogP contribution in [0.1, 0.15) is 42.5 Å². The number of thiophene rings is 1. The molecule has 2 aromatic rings. The molecule has 1 aromatic heterocycles. The molecule has 0 amide bonds. The van der Waals surface area contributed by atoms with E-state index in [-0.39, 0.29) is 5.54 Å². The second-order valence-electron chi connectivity index (χ2n) is 8.35. The van der Waals surface area contributed by atoms with Gasteiger partial charge in [0, 0.05) is 18.0 Å².